The maximum Gasteiger partial charge on any atom is 0.0635 e. The lowest BCUT2D eigenvalue weighted by Gasteiger charge is -2.26. The molecule has 0 spiro atoms. The summed E-state index contributed by atoms with van der Waals surface area (Å²) in [6.07, 6.45) is 0. The van der Waals surface area contributed by atoms with Gasteiger partial charge in [-0.25, -0.2) is 0 Å². The van der Waals surface area contributed by atoms with Crippen LogP contribution in [0.4, 0.5) is 17.1 Å². The van der Waals surface area contributed by atoms with Crippen LogP contribution in [0, 0.1) is 13.8 Å². The Kier molecular flexibility index (Phi) is 8.26. The number of fused-ring (bicyclic) bond motifs is 8. The zero-order chi connectivity index (χ0) is 41.3. The third-order valence-electron chi connectivity index (χ3n) is 12.6. The van der Waals surface area contributed by atoms with Gasteiger partial charge in [0, 0.05) is 61.1 Å². The summed E-state index contributed by atoms with van der Waals surface area (Å²) >= 11 is 0. The average Bonchev–Trinajstić information content (AvgIpc) is 3.99. The van der Waals surface area contributed by atoms with Crippen LogP contribution in [0.3, 0.4) is 0 Å². The van der Waals surface area contributed by atoms with Gasteiger partial charge in [0.15, 0.2) is 0 Å². The lowest BCUT2D eigenvalue weighted by atomic mass is 10.1. The van der Waals surface area contributed by atoms with Crippen LogP contribution in [0.5, 0.6) is 0 Å². The van der Waals surface area contributed by atoms with Crippen LogP contribution in [0.25, 0.3) is 82.8 Å². The molecule has 12 aromatic rings. The summed E-state index contributed by atoms with van der Waals surface area (Å²) in [5.41, 5.74) is 17.5. The molecule has 12 rings (SSSR count). The highest BCUT2D eigenvalue weighted by Gasteiger charge is 2.22. The maximum absolute atomic E-state index is 2.46. The first-order chi connectivity index (χ1) is 30.6. The van der Waals surface area contributed by atoms with Gasteiger partial charge in [0.05, 0.1) is 33.3 Å². The number of para-hydroxylation sites is 3. The van der Waals surface area contributed by atoms with E-state index < -0.39 is 0 Å². The van der Waals surface area contributed by atoms with Crippen molar-refractivity contribution < 1.29 is 0 Å². The second kappa shape index (κ2) is 14.3. The number of aryl methyl sites for hydroxylation is 2. The Morgan fingerprint density at radius 2 is 0.774 bits per heavy atom. The summed E-state index contributed by atoms with van der Waals surface area (Å²) < 4.78 is 7.26. The summed E-state index contributed by atoms with van der Waals surface area (Å²) in [5.74, 6) is 0. The normalized spacial score (nSPS) is 11.7. The van der Waals surface area contributed by atoms with Crippen LogP contribution >= 0.6 is 0 Å². The van der Waals surface area contributed by atoms with Crippen molar-refractivity contribution in [2.24, 2.45) is 0 Å². The minimum absolute atomic E-state index is 1.09. The van der Waals surface area contributed by atoms with E-state index in [0.717, 1.165) is 34.1 Å². The fourth-order valence-corrected chi connectivity index (χ4v) is 9.65. The number of hydrogen-bond acceptors (Lipinski definition) is 1. The minimum atomic E-state index is 1.09. The molecule has 4 nitrogen and oxygen atoms in total. The van der Waals surface area contributed by atoms with Crippen molar-refractivity contribution in [1.82, 2.24) is 13.7 Å². The van der Waals surface area contributed by atoms with E-state index >= 15 is 0 Å². The third-order valence-corrected chi connectivity index (χ3v) is 12.6. The highest BCUT2D eigenvalue weighted by Crippen LogP contribution is 2.43. The van der Waals surface area contributed by atoms with Crippen molar-refractivity contribution in [1.29, 1.82) is 0 Å². The molecule has 0 aliphatic heterocycles. The summed E-state index contributed by atoms with van der Waals surface area (Å²) in [4.78, 5) is 2.39. The topological polar surface area (TPSA) is 18.0 Å². The molecule has 0 fully saturated rings. The molecule has 0 unspecified atom stereocenters. The Bertz CT molecular complexity index is 3610. The monoisotopic (exact) mass is 794 g/mol. The number of hydrogen-bond donors (Lipinski definition) is 0. The number of anilines is 3. The molecule has 3 heterocycles. The predicted molar refractivity (Wildman–Crippen MR) is 262 cm³/mol. The van der Waals surface area contributed by atoms with Crippen molar-refractivity contribution in [3.8, 4) is 28.3 Å². The fraction of sp³-hybridized carbons (Fsp3) is 0.0345. The van der Waals surface area contributed by atoms with Gasteiger partial charge >= 0.3 is 0 Å². The van der Waals surface area contributed by atoms with Gasteiger partial charge in [0.2, 0.25) is 0 Å². The van der Waals surface area contributed by atoms with Gasteiger partial charge in [-0.15, -0.1) is 0 Å². The van der Waals surface area contributed by atoms with Crippen LogP contribution in [0.1, 0.15) is 11.1 Å². The lowest BCUT2D eigenvalue weighted by Crippen LogP contribution is -2.10. The number of benzene rings is 9. The molecule has 0 radical (unpaired) electrons. The largest absolute Gasteiger partial charge is 0.310 e. The highest BCUT2D eigenvalue weighted by atomic mass is 15.1. The number of nitrogens with zero attached hydrogens (tertiary/aromatic N) is 4. The van der Waals surface area contributed by atoms with Gasteiger partial charge in [-0.1, -0.05) is 126 Å². The lowest BCUT2D eigenvalue weighted by molar-refractivity contribution is 1.13. The van der Waals surface area contributed by atoms with Crippen LogP contribution in [-0.2, 0) is 0 Å². The Balaban J connectivity index is 1.05. The van der Waals surface area contributed by atoms with Crippen molar-refractivity contribution >= 4 is 71.6 Å². The molecule has 0 amide bonds. The van der Waals surface area contributed by atoms with E-state index in [2.05, 4.69) is 251 Å². The molecule has 62 heavy (non-hydrogen) atoms. The first kappa shape index (κ1) is 35.8. The van der Waals surface area contributed by atoms with E-state index in [0.29, 0.717) is 0 Å². The first-order valence-corrected chi connectivity index (χ1v) is 21.3. The molecule has 0 bridgehead atoms. The standard InChI is InChI=1S/C58H42N4/c1-39-21-25-43(26-22-39)59(47-33-35-55-51(37-47)49-18-10-11-19-53(49)60(55)45-27-23-40(2)24-28-45)44-29-31-46(32-30-44)62-54-20-12-9-17-48(54)50-34-36-56-52(58(50)62)38-57(41-13-5-3-6-14-41)61(56)42-15-7-4-8-16-42/h3-38H,1-2H3. The van der Waals surface area contributed by atoms with E-state index in [9.17, 15) is 0 Å². The molecule has 0 N–H and O–H groups in total. The Hall–Kier alpha value is -8.08. The van der Waals surface area contributed by atoms with E-state index in [4.69, 9.17) is 0 Å². The second-order valence-corrected chi connectivity index (χ2v) is 16.4. The Labute approximate surface area is 360 Å². The highest BCUT2D eigenvalue weighted by molar-refractivity contribution is 6.19. The minimum Gasteiger partial charge on any atom is -0.310 e. The van der Waals surface area contributed by atoms with Gasteiger partial charge in [0.1, 0.15) is 0 Å². The van der Waals surface area contributed by atoms with Gasteiger partial charge in [-0.3, -0.25) is 0 Å². The van der Waals surface area contributed by atoms with Gasteiger partial charge in [-0.2, -0.15) is 0 Å². The summed E-state index contributed by atoms with van der Waals surface area (Å²) in [7, 11) is 0. The molecular formula is C58H42N4. The van der Waals surface area contributed by atoms with E-state index in [1.54, 1.807) is 0 Å². The fourth-order valence-electron chi connectivity index (χ4n) is 9.65. The molecule has 0 atom stereocenters. The van der Waals surface area contributed by atoms with Gasteiger partial charge in [0.25, 0.3) is 0 Å². The predicted octanol–water partition coefficient (Wildman–Crippen LogP) is 15.6. The second-order valence-electron chi connectivity index (χ2n) is 16.4. The van der Waals surface area contributed by atoms with Gasteiger partial charge < -0.3 is 18.6 Å². The molecule has 0 aliphatic carbocycles. The Morgan fingerprint density at radius 3 is 1.47 bits per heavy atom. The smallest absolute Gasteiger partial charge is 0.0635 e. The van der Waals surface area contributed by atoms with E-state index in [1.165, 1.54) is 76.9 Å². The molecule has 0 saturated carbocycles. The maximum atomic E-state index is 2.46. The van der Waals surface area contributed by atoms with Crippen LogP contribution in [0.2, 0.25) is 0 Å². The van der Waals surface area contributed by atoms with Crippen molar-refractivity contribution in [2.45, 2.75) is 13.8 Å². The van der Waals surface area contributed by atoms with E-state index in [1.807, 2.05) is 0 Å². The number of aromatic nitrogens is 3. The number of rotatable bonds is 7. The Morgan fingerprint density at radius 1 is 0.306 bits per heavy atom. The molecule has 9 aromatic carbocycles. The molecule has 4 heteroatoms. The van der Waals surface area contributed by atoms with Crippen molar-refractivity contribution in [3.05, 3.63) is 230 Å². The van der Waals surface area contributed by atoms with Crippen LogP contribution < -0.4 is 4.90 Å². The SMILES string of the molecule is Cc1ccc(N(c2ccc(-n3c4ccccc4c4ccc5c(cc(-c6ccccc6)n5-c5ccccc5)c43)cc2)c2ccc3c(c2)c2ccccc2n3-c2ccc(C)cc2)cc1. The van der Waals surface area contributed by atoms with Gasteiger partial charge in [-0.05, 0) is 123 Å². The summed E-state index contributed by atoms with van der Waals surface area (Å²) in [6, 6.07) is 79.8. The van der Waals surface area contributed by atoms with Crippen LogP contribution in [-0.4, -0.2) is 13.7 Å². The zero-order valence-corrected chi connectivity index (χ0v) is 34.6. The first-order valence-electron chi connectivity index (χ1n) is 21.3. The summed E-state index contributed by atoms with van der Waals surface area (Å²) in [6.45, 7) is 4.29. The third kappa shape index (κ3) is 5.68. The molecule has 0 aliphatic rings. The van der Waals surface area contributed by atoms with Crippen molar-refractivity contribution in [3.63, 3.8) is 0 Å². The van der Waals surface area contributed by atoms with Crippen molar-refractivity contribution in [2.75, 3.05) is 4.90 Å². The molecule has 3 aromatic heterocycles. The van der Waals surface area contributed by atoms with Crippen LogP contribution in [0.15, 0.2) is 218 Å². The zero-order valence-electron chi connectivity index (χ0n) is 34.6. The molecular weight excluding hydrogens is 753 g/mol. The quantitative estimate of drug-likeness (QED) is 0.157. The summed E-state index contributed by atoms with van der Waals surface area (Å²) in [5, 5.41) is 6.14. The molecule has 0 saturated heterocycles. The van der Waals surface area contributed by atoms with E-state index in [-0.39, 0.29) is 0 Å². The molecule has 294 valence electrons. The average molecular weight is 795 g/mol.